The van der Waals surface area contributed by atoms with Crippen molar-refractivity contribution in [1.29, 1.82) is 0 Å². The molecule has 0 spiro atoms. The molecule has 0 aliphatic heterocycles. The first-order valence-electron chi connectivity index (χ1n) is 7.14. The molecule has 2 aromatic carbocycles. The van der Waals surface area contributed by atoms with E-state index in [9.17, 15) is 22.0 Å². The fourth-order valence-corrected chi connectivity index (χ4v) is 2.47. The summed E-state index contributed by atoms with van der Waals surface area (Å²) in [5.41, 5.74) is 1.10. The van der Waals surface area contributed by atoms with Crippen LogP contribution in [0.5, 0.6) is 5.88 Å². The maximum atomic E-state index is 13.0. The van der Waals surface area contributed by atoms with Crippen LogP contribution >= 0.6 is 0 Å². The minimum Gasteiger partial charge on any atom is -0.415 e. The van der Waals surface area contributed by atoms with Gasteiger partial charge in [0.2, 0.25) is 5.88 Å². The molecule has 130 valence electrons. The molecule has 0 saturated carbocycles. The Bertz CT molecular complexity index is 925. The summed E-state index contributed by atoms with van der Waals surface area (Å²) in [4.78, 5) is 7.99. The Morgan fingerprint density at radius 1 is 1.08 bits per heavy atom. The Balaban J connectivity index is 2.21. The van der Waals surface area contributed by atoms with E-state index in [0.717, 1.165) is 23.9 Å². The number of ether oxygens (including phenoxy) is 1. The lowest BCUT2D eigenvalue weighted by molar-refractivity contribution is -0.137. The SMILES string of the molecule is Cc1cc(-c2cccc(C(F)(F)F)c2)c2nc(OC(F)F)cnc2c1. The number of fused-ring (bicyclic) bond motifs is 1. The number of aromatic nitrogens is 2. The van der Waals surface area contributed by atoms with Gasteiger partial charge in [-0.3, -0.25) is 0 Å². The molecule has 0 radical (unpaired) electrons. The van der Waals surface area contributed by atoms with Crippen molar-refractivity contribution < 1.29 is 26.7 Å². The molecule has 0 aliphatic rings. The van der Waals surface area contributed by atoms with Crippen LogP contribution in [-0.2, 0) is 6.18 Å². The number of benzene rings is 2. The zero-order valence-corrected chi connectivity index (χ0v) is 12.8. The minimum atomic E-state index is -4.49. The summed E-state index contributed by atoms with van der Waals surface area (Å²) in [7, 11) is 0. The van der Waals surface area contributed by atoms with E-state index >= 15 is 0 Å². The highest BCUT2D eigenvalue weighted by molar-refractivity contribution is 5.92. The van der Waals surface area contributed by atoms with E-state index in [2.05, 4.69) is 14.7 Å². The standard InChI is InChI=1S/C17H11F5N2O/c1-9-5-12(10-3-2-4-11(7-10)17(20,21)22)15-13(6-9)23-8-14(24-15)25-16(18)19/h2-8,16H,1H3. The highest BCUT2D eigenvalue weighted by Crippen LogP contribution is 2.34. The van der Waals surface area contributed by atoms with Crippen molar-refractivity contribution in [2.24, 2.45) is 0 Å². The van der Waals surface area contributed by atoms with Crippen LogP contribution in [0, 0.1) is 6.92 Å². The van der Waals surface area contributed by atoms with Gasteiger partial charge < -0.3 is 4.74 Å². The number of alkyl halides is 5. The topological polar surface area (TPSA) is 35.0 Å². The van der Waals surface area contributed by atoms with E-state index in [-0.39, 0.29) is 11.1 Å². The molecule has 0 bridgehead atoms. The van der Waals surface area contributed by atoms with E-state index in [1.165, 1.54) is 12.1 Å². The number of hydrogen-bond donors (Lipinski definition) is 0. The predicted octanol–water partition coefficient (Wildman–Crippen LogP) is 5.23. The fraction of sp³-hybridized carbons (Fsp3) is 0.176. The molecular formula is C17H11F5N2O. The first-order chi connectivity index (χ1) is 11.7. The number of rotatable bonds is 3. The van der Waals surface area contributed by atoms with Gasteiger partial charge in [-0.1, -0.05) is 12.1 Å². The number of nitrogens with zero attached hydrogens (tertiary/aromatic N) is 2. The predicted molar refractivity (Wildman–Crippen MR) is 81.3 cm³/mol. The Morgan fingerprint density at radius 3 is 2.52 bits per heavy atom. The lowest BCUT2D eigenvalue weighted by Gasteiger charge is -2.12. The van der Waals surface area contributed by atoms with Crippen molar-refractivity contribution in [3.63, 3.8) is 0 Å². The highest BCUT2D eigenvalue weighted by atomic mass is 19.4. The molecule has 0 aliphatic carbocycles. The zero-order valence-electron chi connectivity index (χ0n) is 12.8. The Labute approximate surface area is 139 Å². The molecule has 3 nitrogen and oxygen atoms in total. The summed E-state index contributed by atoms with van der Waals surface area (Å²) in [5.74, 6) is -0.403. The van der Waals surface area contributed by atoms with Gasteiger partial charge in [0.05, 0.1) is 17.3 Å². The first-order valence-corrected chi connectivity index (χ1v) is 7.14. The molecule has 0 unspecified atom stereocenters. The van der Waals surface area contributed by atoms with Crippen molar-refractivity contribution >= 4 is 11.0 Å². The number of aryl methyl sites for hydroxylation is 1. The maximum absolute atomic E-state index is 13.0. The molecule has 3 aromatic rings. The lowest BCUT2D eigenvalue weighted by atomic mass is 9.99. The van der Waals surface area contributed by atoms with Gasteiger partial charge in [-0.25, -0.2) is 9.97 Å². The van der Waals surface area contributed by atoms with Gasteiger partial charge in [-0.2, -0.15) is 22.0 Å². The van der Waals surface area contributed by atoms with Crippen molar-refractivity contribution in [1.82, 2.24) is 9.97 Å². The van der Waals surface area contributed by atoms with E-state index in [0.29, 0.717) is 11.1 Å². The molecule has 0 atom stereocenters. The molecule has 8 heteroatoms. The van der Waals surface area contributed by atoms with E-state index in [4.69, 9.17) is 0 Å². The third-order valence-corrected chi connectivity index (χ3v) is 3.48. The maximum Gasteiger partial charge on any atom is 0.416 e. The van der Waals surface area contributed by atoms with Crippen molar-refractivity contribution in [3.8, 4) is 17.0 Å². The van der Waals surface area contributed by atoms with Gasteiger partial charge in [0.1, 0.15) is 5.52 Å². The second-order valence-corrected chi connectivity index (χ2v) is 5.35. The van der Waals surface area contributed by atoms with Crippen LogP contribution in [0.3, 0.4) is 0 Å². The molecule has 1 heterocycles. The molecule has 0 saturated heterocycles. The quantitative estimate of drug-likeness (QED) is 0.605. The van der Waals surface area contributed by atoms with Crippen LogP contribution in [0.1, 0.15) is 11.1 Å². The smallest absolute Gasteiger partial charge is 0.415 e. The van der Waals surface area contributed by atoms with Crippen LogP contribution in [0.15, 0.2) is 42.6 Å². The van der Waals surface area contributed by atoms with E-state index < -0.39 is 24.2 Å². The molecule has 1 aromatic heterocycles. The summed E-state index contributed by atoms with van der Waals surface area (Å²) in [6.07, 6.45) is -3.45. The summed E-state index contributed by atoms with van der Waals surface area (Å²) in [6.45, 7) is -1.32. The van der Waals surface area contributed by atoms with Crippen LogP contribution in [0.2, 0.25) is 0 Å². The molecule has 25 heavy (non-hydrogen) atoms. The van der Waals surface area contributed by atoms with Crippen LogP contribution in [0.4, 0.5) is 22.0 Å². The Morgan fingerprint density at radius 2 is 1.84 bits per heavy atom. The average Bonchev–Trinajstić information content (AvgIpc) is 2.53. The molecular weight excluding hydrogens is 343 g/mol. The fourth-order valence-electron chi connectivity index (χ4n) is 2.47. The van der Waals surface area contributed by atoms with Gasteiger partial charge in [-0.05, 0) is 42.3 Å². The third-order valence-electron chi connectivity index (χ3n) is 3.48. The van der Waals surface area contributed by atoms with Crippen LogP contribution in [-0.4, -0.2) is 16.6 Å². The largest absolute Gasteiger partial charge is 0.416 e. The minimum absolute atomic E-state index is 0.183. The lowest BCUT2D eigenvalue weighted by Crippen LogP contribution is -2.05. The zero-order chi connectivity index (χ0) is 18.2. The van der Waals surface area contributed by atoms with Gasteiger partial charge >= 0.3 is 12.8 Å². The Kier molecular flexibility index (Phi) is 4.28. The molecule has 0 N–H and O–H groups in total. The second-order valence-electron chi connectivity index (χ2n) is 5.35. The molecule has 3 rings (SSSR count). The van der Waals surface area contributed by atoms with Crippen molar-refractivity contribution in [2.45, 2.75) is 19.7 Å². The average molecular weight is 354 g/mol. The molecule has 0 fully saturated rings. The van der Waals surface area contributed by atoms with E-state index in [1.807, 2.05) is 0 Å². The summed E-state index contributed by atoms with van der Waals surface area (Å²) in [5, 5.41) is 0. The van der Waals surface area contributed by atoms with Gasteiger partial charge in [0, 0.05) is 5.56 Å². The number of hydrogen-bond acceptors (Lipinski definition) is 3. The highest BCUT2D eigenvalue weighted by Gasteiger charge is 2.30. The number of halogens is 5. The van der Waals surface area contributed by atoms with Crippen LogP contribution < -0.4 is 4.74 Å². The monoisotopic (exact) mass is 354 g/mol. The Hall–Kier alpha value is -2.77. The third kappa shape index (κ3) is 3.67. The van der Waals surface area contributed by atoms with Gasteiger partial charge in [-0.15, -0.1) is 0 Å². The summed E-state index contributed by atoms with van der Waals surface area (Å²) in [6, 6.07) is 7.99. The van der Waals surface area contributed by atoms with Crippen molar-refractivity contribution in [3.05, 3.63) is 53.7 Å². The van der Waals surface area contributed by atoms with Crippen molar-refractivity contribution in [2.75, 3.05) is 0 Å². The second kappa shape index (κ2) is 6.27. The first kappa shape index (κ1) is 17.1. The van der Waals surface area contributed by atoms with Gasteiger partial charge in [0.15, 0.2) is 0 Å². The summed E-state index contributed by atoms with van der Waals surface area (Å²) < 4.78 is 67.8. The van der Waals surface area contributed by atoms with E-state index in [1.54, 1.807) is 19.1 Å². The normalized spacial score (nSPS) is 12.0. The van der Waals surface area contributed by atoms with Gasteiger partial charge in [0.25, 0.3) is 0 Å². The summed E-state index contributed by atoms with van der Waals surface area (Å²) >= 11 is 0. The van der Waals surface area contributed by atoms with Crippen LogP contribution in [0.25, 0.3) is 22.2 Å². The molecule has 0 amide bonds.